The van der Waals surface area contributed by atoms with Crippen LogP contribution < -0.4 is 16.1 Å². The molecule has 3 rings (SSSR count). The van der Waals surface area contributed by atoms with Gasteiger partial charge in [-0.15, -0.1) is 0 Å². The number of hydrogen-bond donors (Lipinski definition) is 3. The van der Waals surface area contributed by atoms with Crippen molar-refractivity contribution in [3.8, 4) is 0 Å². The van der Waals surface area contributed by atoms with Crippen LogP contribution in [0.25, 0.3) is 0 Å². The number of hydrogen-bond acceptors (Lipinski definition) is 4. The lowest BCUT2D eigenvalue weighted by Gasteiger charge is -2.25. The van der Waals surface area contributed by atoms with Crippen LogP contribution in [0.15, 0.2) is 53.1 Å². The number of nitrogens with two attached hydrogens (primary N) is 1. The predicted octanol–water partition coefficient (Wildman–Crippen LogP) is 0.793. The zero-order valence-electron chi connectivity index (χ0n) is 15.3. The number of urea groups is 1. The van der Waals surface area contributed by atoms with E-state index in [0.29, 0.717) is 12.0 Å². The Morgan fingerprint density at radius 1 is 1.26 bits per heavy atom. The summed E-state index contributed by atoms with van der Waals surface area (Å²) in [6.07, 6.45) is 1.94. The van der Waals surface area contributed by atoms with Crippen LogP contribution in [0.5, 0.6) is 0 Å². The number of imide groups is 1. The largest absolute Gasteiger partial charge is 0.463 e. The van der Waals surface area contributed by atoms with Crippen molar-refractivity contribution in [2.75, 3.05) is 6.54 Å². The Morgan fingerprint density at radius 2 is 2.00 bits per heavy atom. The molecule has 2 atom stereocenters. The van der Waals surface area contributed by atoms with Crippen LogP contribution in [0.1, 0.15) is 37.6 Å². The average Bonchev–Trinajstić information content (AvgIpc) is 3.30. The summed E-state index contributed by atoms with van der Waals surface area (Å²) < 4.78 is 5.29. The molecule has 1 aliphatic rings. The van der Waals surface area contributed by atoms with Crippen molar-refractivity contribution in [2.24, 2.45) is 0 Å². The van der Waals surface area contributed by atoms with E-state index in [0.717, 1.165) is 10.8 Å². The third-order valence-electron chi connectivity index (χ3n) is 4.77. The van der Waals surface area contributed by atoms with Gasteiger partial charge in [0.2, 0.25) is 0 Å². The maximum Gasteiger partial charge on any atom is 0.344 e. The van der Waals surface area contributed by atoms with Gasteiger partial charge in [-0.1, -0.05) is 37.3 Å². The van der Waals surface area contributed by atoms with Gasteiger partial charge in [-0.25, -0.2) is 4.79 Å². The summed E-state index contributed by atoms with van der Waals surface area (Å²) in [5, 5.41) is 5.25. The number of carbonyl (C=O) groups excluding carboxylic acids is 3. The molecule has 1 fully saturated rings. The van der Waals surface area contributed by atoms with E-state index >= 15 is 0 Å². The number of benzene rings is 1. The van der Waals surface area contributed by atoms with E-state index in [1.54, 1.807) is 41.9 Å². The molecule has 8 heteroatoms. The number of nitrogens with one attached hydrogen (secondary N) is 2. The topological polar surface area (TPSA) is 108 Å². The molecule has 0 bridgehead atoms. The van der Waals surface area contributed by atoms with Crippen molar-refractivity contribution in [3.05, 3.63) is 60.1 Å². The third-order valence-corrected chi connectivity index (χ3v) is 4.77. The van der Waals surface area contributed by atoms with Gasteiger partial charge in [-0.05, 0) is 31.0 Å². The van der Waals surface area contributed by atoms with Crippen LogP contribution in [0.4, 0.5) is 4.79 Å². The fraction of sp³-hybridized carbons (Fsp3) is 0.316. The number of carbonyl (C=O) groups is 3. The maximum absolute atomic E-state index is 12.9. The van der Waals surface area contributed by atoms with Gasteiger partial charge >= 0.3 is 6.03 Å². The summed E-state index contributed by atoms with van der Waals surface area (Å²) in [5.41, 5.74) is 1.92. The second kappa shape index (κ2) is 7.63. The van der Waals surface area contributed by atoms with Gasteiger partial charge in [0, 0.05) is 0 Å². The summed E-state index contributed by atoms with van der Waals surface area (Å²) in [4.78, 5) is 37.5. The Bertz CT molecular complexity index is 821. The number of quaternary nitrogens is 1. The van der Waals surface area contributed by atoms with E-state index in [9.17, 15) is 14.4 Å². The van der Waals surface area contributed by atoms with Crippen molar-refractivity contribution in [2.45, 2.75) is 31.8 Å². The van der Waals surface area contributed by atoms with Crippen LogP contribution in [-0.4, -0.2) is 29.4 Å². The molecule has 0 unspecified atom stereocenters. The number of hydrazine groups is 1. The first-order chi connectivity index (χ1) is 13.0. The Labute approximate surface area is 156 Å². The Morgan fingerprint density at radius 3 is 2.63 bits per heavy atom. The normalized spacial score (nSPS) is 20.4. The fourth-order valence-corrected chi connectivity index (χ4v) is 3.16. The minimum Gasteiger partial charge on any atom is -0.463 e. The third kappa shape index (κ3) is 3.56. The monoisotopic (exact) mass is 371 g/mol. The molecule has 0 saturated carbocycles. The molecule has 1 aromatic heterocycles. The molecular formula is C19H23N4O4+. The Hall–Kier alpha value is -3.13. The van der Waals surface area contributed by atoms with E-state index in [4.69, 9.17) is 4.42 Å². The van der Waals surface area contributed by atoms with Crippen LogP contribution >= 0.6 is 0 Å². The highest BCUT2D eigenvalue weighted by atomic mass is 16.3. The van der Waals surface area contributed by atoms with E-state index in [2.05, 4.69) is 10.7 Å². The fourth-order valence-electron chi connectivity index (χ4n) is 3.16. The highest BCUT2D eigenvalue weighted by Gasteiger charge is 2.52. The van der Waals surface area contributed by atoms with E-state index in [-0.39, 0.29) is 12.6 Å². The van der Waals surface area contributed by atoms with Gasteiger partial charge in [0.05, 0.1) is 6.26 Å². The first kappa shape index (κ1) is 18.7. The van der Waals surface area contributed by atoms with Gasteiger partial charge in [-0.3, -0.25) is 15.0 Å². The SMILES string of the molecule is CC[C@@]1(c2ccccc2)NC(=O)N(NC(=O)C[NH2+][C@@H](C)c2ccco2)C1=O. The smallest absolute Gasteiger partial charge is 0.344 e. The zero-order valence-corrected chi connectivity index (χ0v) is 15.3. The highest BCUT2D eigenvalue weighted by Crippen LogP contribution is 2.31. The lowest BCUT2D eigenvalue weighted by Crippen LogP contribution is -2.87. The second-order valence-electron chi connectivity index (χ2n) is 6.47. The first-order valence-electron chi connectivity index (χ1n) is 8.86. The zero-order chi connectivity index (χ0) is 19.4. The molecule has 2 aromatic rings. The van der Waals surface area contributed by atoms with Crippen LogP contribution in [0, 0.1) is 0 Å². The van der Waals surface area contributed by atoms with Gasteiger partial charge in [0.25, 0.3) is 11.8 Å². The molecule has 2 heterocycles. The van der Waals surface area contributed by atoms with Gasteiger partial charge in [-0.2, -0.15) is 5.01 Å². The molecule has 4 N–H and O–H groups in total. The van der Waals surface area contributed by atoms with Gasteiger partial charge in [0.1, 0.15) is 11.6 Å². The molecule has 1 aromatic carbocycles. The molecule has 27 heavy (non-hydrogen) atoms. The molecule has 0 aliphatic carbocycles. The number of amides is 4. The quantitative estimate of drug-likeness (QED) is 0.625. The van der Waals surface area contributed by atoms with E-state index < -0.39 is 23.4 Å². The number of nitrogens with zero attached hydrogens (tertiary/aromatic N) is 1. The highest BCUT2D eigenvalue weighted by molar-refractivity contribution is 6.08. The van der Waals surface area contributed by atoms with Gasteiger partial charge < -0.3 is 15.1 Å². The summed E-state index contributed by atoms with van der Waals surface area (Å²) in [7, 11) is 0. The summed E-state index contributed by atoms with van der Waals surface area (Å²) in [6, 6.07) is 11.9. The molecule has 1 saturated heterocycles. The standard InChI is InChI=1S/C19H22N4O4/c1-3-19(14-8-5-4-6-9-14)17(25)23(18(26)21-19)22-16(24)12-20-13(2)15-10-7-11-27-15/h4-11,13,20H,3,12H2,1-2H3,(H,21,26)(H,22,24)/p+1/t13-,19-/m0/s1. The van der Waals surface area contributed by atoms with Crippen molar-refractivity contribution < 1.29 is 24.1 Å². The minimum absolute atomic E-state index is 0.0450. The molecule has 4 amide bonds. The van der Waals surface area contributed by atoms with Crippen molar-refractivity contribution in [1.82, 2.24) is 15.8 Å². The van der Waals surface area contributed by atoms with Crippen molar-refractivity contribution >= 4 is 17.8 Å². The summed E-state index contributed by atoms with van der Waals surface area (Å²) >= 11 is 0. The molecular weight excluding hydrogens is 348 g/mol. The van der Waals surface area contributed by atoms with E-state index in [1.807, 2.05) is 26.0 Å². The molecule has 8 nitrogen and oxygen atoms in total. The lowest BCUT2D eigenvalue weighted by atomic mass is 9.87. The molecule has 142 valence electrons. The molecule has 1 aliphatic heterocycles. The first-order valence-corrected chi connectivity index (χ1v) is 8.86. The number of furan rings is 1. The molecule has 0 radical (unpaired) electrons. The summed E-state index contributed by atoms with van der Waals surface area (Å²) in [5.74, 6) is -0.197. The number of rotatable bonds is 7. The second-order valence-corrected chi connectivity index (χ2v) is 6.47. The lowest BCUT2D eigenvalue weighted by molar-refractivity contribution is -0.684. The van der Waals surface area contributed by atoms with Crippen molar-refractivity contribution in [3.63, 3.8) is 0 Å². The van der Waals surface area contributed by atoms with Gasteiger partial charge in [0.15, 0.2) is 12.3 Å². The van der Waals surface area contributed by atoms with Crippen LogP contribution in [-0.2, 0) is 15.1 Å². The Kier molecular flexibility index (Phi) is 5.27. The minimum atomic E-state index is -1.17. The average molecular weight is 371 g/mol. The Balaban J connectivity index is 1.66. The van der Waals surface area contributed by atoms with Crippen molar-refractivity contribution in [1.29, 1.82) is 0 Å². The van der Waals surface area contributed by atoms with Crippen LogP contribution in [0.2, 0.25) is 0 Å². The van der Waals surface area contributed by atoms with Crippen LogP contribution in [0.3, 0.4) is 0 Å². The summed E-state index contributed by atoms with van der Waals surface area (Å²) in [6.45, 7) is 3.76. The maximum atomic E-state index is 12.9. The van der Waals surface area contributed by atoms with E-state index in [1.165, 1.54) is 0 Å². The molecule has 0 spiro atoms. The predicted molar refractivity (Wildman–Crippen MR) is 95.8 cm³/mol.